The van der Waals surface area contributed by atoms with Crippen molar-refractivity contribution in [2.45, 2.75) is 109 Å². The Kier molecular flexibility index (Phi) is 7.55. The van der Waals surface area contributed by atoms with Crippen molar-refractivity contribution in [2.24, 2.45) is 40.4 Å². The van der Waals surface area contributed by atoms with Crippen LogP contribution in [0.5, 0.6) is 0 Å². The normalized spacial score (nSPS) is 45.1. The van der Waals surface area contributed by atoms with E-state index in [0.717, 1.165) is 70.0 Å². The zero-order chi connectivity index (χ0) is 30.1. The lowest BCUT2D eigenvalue weighted by molar-refractivity contribution is -0.210. The third-order valence-electron chi connectivity index (χ3n) is 13.1. The first-order chi connectivity index (χ1) is 20.6. The molecule has 0 radical (unpaired) electrons. The van der Waals surface area contributed by atoms with Crippen molar-refractivity contribution in [2.75, 3.05) is 26.7 Å². The lowest BCUT2D eigenvalue weighted by Crippen LogP contribution is -2.63. The second-order valence-corrected chi connectivity index (χ2v) is 15.3. The van der Waals surface area contributed by atoms with E-state index in [9.17, 15) is 19.5 Å². The molecule has 0 amide bonds. The summed E-state index contributed by atoms with van der Waals surface area (Å²) < 4.78 is 19.5. The molecule has 0 aromatic rings. The maximum absolute atomic E-state index is 14.5. The zero-order valence-corrected chi connectivity index (χ0v) is 26.1. The van der Waals surface area contributed by atoms with Gasteiger partial charge in [0.2, 0.25) is 5.78 Å². The molecule has 0 spiro atoms. The summed E-state index contributed by atoms with van der Waals surface area (Å²) in [4.78, 5) is 42.1. The first-order valence-electron chi connectivity index (χ1n) is 16.9. The Morgan fingerprint density at radius 2 is 1.84 bits per heavy atom. The van der Waals surface area contributed by atoms with Crippen molar-refractivity contribution < 1.29 is 33.7 Å². The molecule has 7 rings (SSSR count). The van der Waals surface area contributed by atoms with Crippen LogP contribution in [-0.4, -0.2) is 78.4 Å². The first-order valence-corrected chi connectivity index (χ1v) is 16.9. The number of Topliss-reactive ketones (excluding diaryl/α,β-unsaturated/α-hetero) is 1. The molecule has 8 heteroatoms. The first kappa shape index (κ1) is 29.8. The standard InChI is InChI=1S/C35H49NO7/c1-33-14-11-24(37)17-23(33)9-10-25-26-18-29-35(34(26,2)19-27(38)30(25)33,43-32(42-29)22-7-5-4-6-8-22)28(39)20-41-31(40)21-12-15-36(3)16-13-21/h11,14,17,21-22,25-27,29-30,32,38H,4-10,12-13,15-16,18-20H2,1-3H3/t25-,26-,27-,29+,30+,32+,33-,34?,35+/m0/s1. The molecule has 9 atom stereocenters. The van der Waals surface area contributed by atoms with Gasteiger partial charge in [-0.2, -0.15) is 0 Å². The Balaban J connectivity index is 1.18. The molecule has 2 aliphatic heterocycles. The highest BCUT2D eigenvalue weighted by atomic mass is 16.7. The van der Waals surface area contributed by atoms with Crippen LogP contribution < -0.4 is 0 Å². The number of allylic oxidation sites excluding steroid dienone is 4. The number of likely N-dealkylation sites (tertiary alicyclic amines) is 1. The second-order valence-electron chi connectivity index (χ2n) is 15.3. The SMILES string of the molecule is CN1CCC(C(=O)OCC(=O)[C@@]23O[C@H](C4CCCCC4)O[C@@H]2C[C@H]2[C@@H]4CCC5=CC(=O)C=C[C@]5(C)[C@H]4[C@@H](O)CC23C)CC1. The summed E-state index contributed by atoms with van der Waals surface area (Å²) in [6, 6.07) is 0. The van der Waals surface area contributed by atoms with E-state index in [4.69, 9.17) is 14.2 Å². The van der Waals surface area contributed by atoms with Gasteiger partial charge in [0.15, 0.2) is 24.3 Å². The molecule has 1 unspecified atom stereocenters. The maximum Gasteiger partial charge on any atom is 0.309 e. The number of rotatable bonds is 5. The molecule has 6 fully saturated rings. The van der Waals surface area contributed by atoms with E-state index in [0.29, 0.717) is 12.8 Å². The predicted molar refractivity (Wildman–Crippen MR) is 159 cm³/mol. The van der Waals surface area contributed by atoms with Crippen molar-refractivity contribution in [3.05, 3.63) is 23.8 Å². The minimum atomic E-state index is -1.26. The predicted octanol–water partition coefficient (Wildman–Crippen LogP) is 4.39. The van der Waals surface area contributed by atoms with Crippen LogP contribution in [-0.2, 0) is 28.6 Å². The number of piperidine rings is 1. The van der Waals surface area contributed by atoms with E-state index in [2.05, 4.69) is 25.8 Å². The Morgan fingerprint density at radius 1 is 1.09 bits per heavy atom. The summed E-state index contributed by atoms with van der Waals surface area (Å²) >= 11 is 0. The number of fused-ring (bicyclic) bond motifs is 7. The van der Waals surface area contributed by atoms with Gasteiger partial charge >= 0.3 is 5.97 Å². The summed E-state index contributed by atoms with van der Waals surface area (Å²) in [7, 11) is 2.05. The quantitative estimate of drug-likeness (QED) is 0.467. The van der Waals surface area contributed by atoms with E-state index in [1.165, 1.54) is 6.42 Å². The van der Waals surface area contributed by atoms with Gasteiger partial charge in [0, 0.05) is 22.7 Å². The van der Waals surface area contributed by atoms with Crippen LogP contribution in [0.3, 0.4) is 0 Å². The molecule has 2 heterocycles. The summed E-state index contributed by atoms with van der Waals surface area (Å²) in [5, 5.41) is 12.0. The van der Waals surface area contributed by atoms with Gasteiger partial charge in [-0.15, -0.1) is 0 Å². The average molecular weight is 596 g/mol. The summed E-state index contributed by atoms with van der Waals surface area (Å²) in [5.74, 6) is -0.193. The number of ether oxygens (including phenoxy) is 3. The van der Waals surface area contributed by atoms with Gasteiger partial charge in [0.25, 0.3) is 0 Å². The lowest BCUT2D eigenvalue weighted by Gasteiger charge is -2.59. The maximum atomic E-state index is 14.5. The molecule has 5 aliphatic carbocycles. The van der Waals surface area contributed by atoms with Crippen LogP contribution in [0.2, 0.25) is 0 Å². The van der Waals surface area contributed by atoms with E-state index in [1.54, 1.807) is 12.2 Å². The van der Waals surface area contributed by atoms with Gasteiger partial charge in [0.05, 0.1) is 18.1 Å². The number of hydrogen-bond donors (Lipinski definition) is 1. The van der Waals surface area contributed by atoms with Crippen molar-refractivity contribution in [1.29, 1.82) is 0 Å². The highest BCUT2D eigenvalue weighted by Crippen LogP contribution is 2.70. The monoisotopic (exact) mass is 595 g/mol. The lowest BCUT2D eigenvalue weighted by atomic mass is 9.46. The van der Waals surface area contributed by atoms with Crippen LogP contribution in [0.25, 0.3) is 0 Å². The van der Waals surface area contributed by atoms with Crippen LogP contribution >= 0.6 is 0 Å². The molecule has 1 N–H and O–H groups in total. The molecule has 0 bridgehead atoms. The highest BCUT2D eigenvalue weighted by molar-refractivity contribution is 6.01. The molecule has 4 saturated carbocycles. The summed E-state index contributed by atoms with van der Waals surface area (Å²) in [6.45, 7) is 5.67. The van der Waals surface area contributed by atoms with E-state index < -0.39 is 29.5 Å². The summed E-state index contributed by atoms with van der Waals surface area (Å²) in [6.07, 6.45) is 13.7. The molecule has 8 nitrogen and oxygen atoms in total. The van der Waals surface area contributed by atoms with Gasteiger partial charge in [-0.1, -0.05) is 44.8 Å². The number of esters is 1. The number of carbonyl (C=O) groups excluding carboxylic acids is 3. The van der Waals surface area contributed by atoms with Gasteiger partial charge in [-0.25, -0.2) is 0 Å². The fraction of sp³-hybridized carbons (Fsp3) is 0.800. The molecule has 236 valence electrons. The van der Waals surface area contributed by atoms with Crippen molar-refractivity contribution in [3.8, 4) is 0 Å². The molecule has 0 aromatic heterocycles. The fourth-order valence-corrected chi connectivity index (χ4v) is 10.8. The zero-order valence-electron chi connectivity index (χ0n) is 26.1. The van der Waals surface area contributed by atoms with Crippen molar-refractivity contribution in [1.82, 2.24) is 4.90 Å². The molecular weight excluding hydrogens is 546 g/mol. The Hall–Kier alpha value is -1.87. The molecule has 43 heavy (non-hydrogen) atoms. The molecule has 0 aromatic carbocycles. The Morgan fingerprint density at radius 3 is 2.58 bits per heavy atom. The molecule has 2 saturated heterocycles. The number of aliphatic hydroxyl groups is 1. The van der Waals surface area contributed by atoms with Crippen LogP contribution in [0.4, 0.5) is 0 Å². The van der Waals surface area contributed by atoms with Gasteiger partial charge in [-0.3, -0.25) is 14.4 Å². The largest absolute Gasteiger partial charge is 0.457 e. The van der Waals surface area contributed by atoms with Gasteiger partial charge in [-0.05, 0) is 95.5 Å². The molecule has 7 aliphatic rings. The van der Waals surface area contributed by atoms with Crippen molar-refractivity contribution >= 4 is 17.5 Å². The van der Waals surface area contributed by atoms with Gasteiger partial charge in [0.1, 0.15) is 0 Å². The number of hydrogen-bond acceptors (Lipinski definition) is 8. The number of ketones is 2. The topological polar surface area (TPSA) is 102 Å². The number of nitrogens with zero attached hydrogens (tertiary/aromatic N) is 1. The smallest absolute Gasteiger partial charge is 0.309 e. The fourth-order valence-electron chi connectivity index (χ4n) is 10.8. The van der Waals surface area contributed by atoms with E-state index >= 15 is 0 Å². The third-order valence-corrected chi connectivity index (χ3v) is 13.1. The van der Waals surface area contributed by atoms with E-state index in [-0.39, 0.29) is 59.1 Å². The summed E-state index contributed by atoms with van der Waals surface area (Å²) in [5.41, 5.74) is -1.19. The number of carbonyl (C=O) groups is 3. The molecular formula is C35H49NO7. The third kappa shape index (κ3) is 4.56. The van der Waals surface area contributed by atoms with Gasteiger partial charge < -0.3 is 24.2 Å². The van der Waals surface area contributed by atoms with Crippen LogP contribution in [0.1, 0.15) is 84.5 Å². The average Bonchev–Trinajstić information content (AvgIpc) is 3.50. The minimum Gasteiger partial charge on any atom is -0.457 e. The van der Waals surface area contributed by atoms with Crippen LogP contribution in [0, 0.1) is 40.4 Å². The Labute approximate surface area is 255 Å². The van der Waals surface area contributed by atoms with Crippen LogP contribution in [0.15, 0.2) is 23.8 Å². The Bertz CT molecular complexity index is 1210. The van der Waals surface area contributed by atoms with E-state index in [1.807, 2.05) is 6.08 Å². The minimum absolute atomic E-state index is 0.0198. The number of aliphatic hydroxyl groups excluding tert-OH is 1. The second kappa shape index (κ2) is 10.9. The highest BCUT2D eigenvalue weighted by Gasteiger charge is 2.76. The van der Waals surface area contributed by atoms with Crippen molar-refractivity contribution in [3.63, 3.8) is 0 Å².